The van der Waals surface area contributed by atoms with Crippen LogP contribution in [0.2, 0.25) is 0 Å². The van der Waals surface area contributed by atoms with Gasteiger partial charge in [0.2, 0.25) is 0 Å². The van der Waals surface area contributed by atoms with Gasteiger partial charge in [0.15, 0.2) is 0 Å². The van der Waals surface area contributed by atoms with E-state index in [9.17, 15) is 19.2 Å². The molecule has 9 nitrogen and oxygen atoms in total. The van der Waals surface area contributed by atoms with Gasteiger partial charge >= 0.3 is 23.9 Å². The van der Waals surface area contributed by atoms with E-state index in [0.717, 1.165) is 25.7 Å². The van der Waals surface area contributed by atoms with Crippen molar-refractivity contribution in [3.05, 3.63) is 48.8 Å². The lowest BCUT2D eigenvalue weighted by molar-refractivity contribution is -0.138. The second-order valence-electron chi connectivity index (χ2n) is 6.41. The Balaban J connectivity index is -0.000000175. The van der Waals surface area contributed by atoms with Crippen LogP contribution in [0.25, 0.3) is 0 Å². The molecule has 33 heavy (non-hydrogen) atoms. The predicted molar refractivity (Wildman–Crippen MR) is 128 cm³/mol. The molecule has 0 atom stereocenters. The van der Waals surface area contributed by atoms with Crippen molar-refractivity contribution >= 4 is 23.9 Å². The number of carboxylic acid groups (broad SMARTS) is 2. The Morgan fingerprint density at radius 2 is 1.30 bits per heavy atom. The zero-order valence-corrected chi connectivity index (χ0v) is 20.8. The zero-order valence-electron chi connectivity index (χ0n) is 20.8. The van der Waals surface area contributed by atoms with Crippen LogP contribution in [0.15, 0.2) is 48.8 Å². The van der Waals surface area contributed by atoms with Crippen LogP contribution < -0.4 is 0 Å². The summed E-state index contributed by atoms with van der Waals surface area (Å²) in [6.07, 6.45) is 6.46. The highest BCUT2D eigenvalue weighted by atomic mass is 16.5. The van der Waals surface area contributed by atoms with Crippen LogP contribution in [0, 0.1) is 0 Å². The number of hydrogen-bond donors (Lipinski definition) is 2. The van der Waals surface area contributed by atoms with Crippen molar-refractivity contribution in [2.24, 2.45) is 0 Å². The first-order valence-corrected chi connectivity index (χ1v) is 10.3. The molecule has 0 amide bonds. The van der Waals surface area contributed by atoms with Crippen LogP contribution in [0.4, 0.5) is 0 Å². The van der Waals surface area contributed by atoms with Crippen LogP contribution in [-0.4, -0.2) is 54.4 Å². The van der Waals surface area contributed by atoms with Crippen molar-refractivity contribution in [1.29, 1.82) is 0 Å². The number of esters is 2. The van der Waals surface area contributed by atoms with E-state index >= 15 is 0 Å². The average Bonchev–Trinajstić information content (AvgIpc) is 2.77. The van der Waals surface area contributed by atoms with E-state index in [-0.39, 0.29) is 23.1 Å². The molecule has 0 aliphatic rings. The highest BCUT2D eigenvalue weighted by Gasteiger charge is 1.98. The fraction of sp³-hybridized carbons (Fsp3) is 0.500. The van der Waals surface area contributed by atoms with E-state index < -0.39 is 11.9 Å². The lowest BCUT2D eigenvalue weighted by Crippen LogP contribution is -2.00. The summed E-state index contributed by atoms with van der Waals surface area (Å²) in [6.45, 7) is 19.5. The van der Waals surface area contributed by atoms with E-state index in [1.165, 1.54) is 33.3 Å². The first kappa shape index (κ1) is 37.0. The molecule has 0 aliphatic heterocycles. The van der Waals surface area contributed by atoms with E-state index in [1.54, 1.807) is 6.92 Å². The summed E-state index contributed by atoms with van der Waals surface area (Å²) in [4.78, 5) is 40.4. The van der Waals surface area contributed by atoms with Gasteiger partial charge < -0.3 is 24.4 Å². The van der Waals surface area contributed by atoms with Crippen molar-refractivity contribution < 1.29 is 43.6 Å². The molecule has 2 N–H and O–H groups in total. The number of hydrogen-bond acceptors (Lipinski definition) is 7. The van der Waals surface area contributed by atoms with E-state index in [2.05, 4.69) is 36.1 Å². The molecule has 0 saturated heterocycles. The van der Waals surface area contributed by atoms with Gasteiger partial charge in [-0.05, 0) is 33.6 Å². The number of unbranched alkanes of at least 4 members (excludes halogenated alkanes) is 2. The summed E-state index contributed by atoms with van der Waals surface area (Å²) < 4.78 is 13.9. The minimum absolute atomic E-state index is 0.176. The maximum absolute atomic E-state index is 10.3. The molecule has 0 aromatic carbocycles. The number of rotatable bonds is 11. The van der Waals surface area contributed by atoms with Crippen molar-refractivity contribution in [3.63, 3.8) is 0 Å². The molecule has 190 valence electrons. The standard InChI is InChI=1S/C8H14O3.C7H12O2.C5H8O2.C4H6O2/c1-3-4-5-11-6-7(2)8(9)10;1-3-5-6-9-7(8)4-2;1-4(2)5(6)7-3;1-3(2)4(5)6/h6H,3-5H2,1-2H3,(H,9,10);4H,2-3,5-6H2,1H3;1H2,2-3H3;1H2,2H3,(H,5,6). The summed E-state index contributed by atoms with van der Waals surface area (Å²) in [5, 5.41) is 16.3. The average molecular weight is 473 g/mol. The van der Waals surface area contributed by atoms with Gasteiger partial charge in [0, 0.05) is 17.2 Å². The Bertz CT molecular complexity index is 634. The Kier molecular flexibility index (Phi) is 29.9. The zero-order chi connectivity index (χ0) is 26.8. The first-order chi connectivity index (χ1) is 15.3. The molecule has 0 radical (unpaired) electrons. The number of aliphatic carboxylic acids is 2. The summed E-state index contributed by atoms with van der Waals surface area (Å²) in [5.74, 6) is -2.54. The summed E-state index contributed by atoms with van der Waals surface area (Å²) in [7, 11) is 1.33. The predicted octanol–water partition coefficient (Wildman–Crippen LogP) is 4.69. The van der Waals surface area contributed by atoms with Crippen LogP contribution in [0.5, 0.6) is 0 Å². The summed E-state index contributed by atoms with van der Waals surface area (Å²) in [5.41, 5.74) is 0.846. The van der Waals surface area contributed by atoms with Gasteiger partial charge in [-0.25, -0.2) is 19.2 Å². The van der Waals surface area contributed by atoms with E-state index in [1.807, 2.05) is 6.92 Å². The quantitative estimate of drug-likeness (QED) is 0.190. The highest BCUT2D eigenvalue weighted by molar-refractivity contribution is 5.86. The smallest absolute Gasteiger partial charge is 0.334 e. The Morgan fingerprint density at radius 3 is 1.58 bits per heavy atom. The Labute approximate surface area is 197 Å². The second kappa shape index (κ2) is 26.7. The molecule has 0 fully saturated rings. The molecular weight excluding hydrogens is 432 g/mol. The number of carboxylic acids is 2. The molecule has 9 heteroatoms. The van der Waals surface area contributed by atoms with Crippen molar-refractivity contribution in [2.75, 3.05) is 20.3 Å². The lowest BCUT2D eigenvalue weighted by atomic mass is 10.3. The molecule has 0 unspecified atom stereocenters. The van der Waals surface area contributed by atoms with E-state index in [4.69, 9.17) is 14.9 Å². The minimum atomic E-state index is -0.935. The van der Waals surface area contributed by atoms with E-state index in [0.29, 0.717) is 18.8 Å². The van der Waals surface area contributed by atoms with Crippen molar-refractivity contribution in [2.45, 2.75) is 60.3 Å². The third-order valence-electron chi connectivity index (χ3n) is 3.02. The molecule has 0 rings (SSSR count). The fourth-order valence-electron chi connectivity index (χ4n) is 1.01. The van der Waals surface area contributed by atoms with Gasteiger partial charge in [0.25, 0.3) is 0 Å². The molecule has 0 bridgehead atoms. The monoisotopic (exact) mass is 472 g/mol. The molecule has 0 heterocycles. The molecule has 0 aromatic heterocycles. The van der Waals surface area contributed by atoms with Crippen LogP contribution in [0.3, 0.4) is 0 Å². The van der Waals surface area contributed by atoms with Gasteiger partial charge in [-0.1, -0.05) is 46.4 Å². The third kappa shape index (κ3) is 36.4. The lowest BCUT2D eigenvalue weighted by Gasteiger charge is -1.98. The Morgan fingerprint density at radius 1 is 0.848 bits per heavy atom. The van der Waals surface area contributed by atoms with Crippen molar-refractivity contribution in [3.8, 4) is 0 Å². The molecule has 0 saturated carbocycles. The first-order valence-electron chi connectivity index (χ1n) is 10.3. The number of methoxy groups -OCH3 is 1. The SMILES string of the molecule is C=C(C)C(=O)O.C=C(C)C(=O)OC.C=CC(=O)OCCCC.CCCCOC=C(C)C(=O)O. The maximum atomic E-state index is 10.3. The number of carbonyl (C=O) groups is 4. The van der Waals surface area contributed by atoms with Crippen LogP contribution in [-0.2, 0) is 33.4 Å². The number of carbonyl (C=O) groups excluding carboxylic acids is 2. The van der Waals surface area contributed by atoms with Gasteiger partial charge in [-0.3, -0.25) is 0 Å². The van der Waals surface area contributed by atoms with Crippen molar-refractivity contribution in [1.82, 2.24) is 0 Å². The second-order valence-corrected chi connectivity index (χ2v) is 6.41. The van der Waals surface area contributed by atoms with Crippen LogP contribution in [0.1, 0.15) is 60.3 Å². The minimum Gasteiger partial charge on any atom is -0.501 e. The van der Waals surface area contributed by atoms with Gasteiger partial charge in [0.05, 0.1) is 32.2 Å². The van der Waals surface area contributed by atoms with Crippen LogP contribution >= 0.6 is 0 Å². The molecule has 0 spiro atoms. The third-order valence-corrected chi connectivity index (χ3v) is 3.02. The van der Waals surface area contributed by atoms with Gasteiger partial charge in [0.1, 0.15) is 0 Å². The largest absolute Gasteiger partial charge is 0.501 e. The number of ether oxygens (including phenoxy) is 3. The van der Waals surface area contributed by atoms with Gasteiger partial charge in [-0.15, -0.1) is 0 Å². The summed E-state index contributed by atoms with van der Waals surface area (Å²) in [6, 6.07) is 0. The normalized spacial score (nSPS) is 9.09. The Hall–Kier alpha value is -3.36. The summed E-state index contributed by atoms with van der Waals surface area (Å²) >= 11 is 0. The topological polar surface area (TPSA) is 136 Å². The molecule has 0 aromatic rings. The molecular formula is C24H40O9. The van der Waals surface area contributed by atoms with Gasteiger partial charge in [-0.2, -0.15) is 0 Å². The highest BCUT2D eigenvalue weighted by Crippen LogP contribution is 1.94. The maximum Gasteiger partial charge on any atom is 0.334 e. The fourth-order valence-corrected chi connectivity index (χ4v) is 1.01. The molecule has 0 aliphatic carbocycles.